The second-order valence-corrected chi connectivity index (χ2v) is 10.1. The number of ether oxygens (including phenoxy) is 1. The topological polar surface area (TPSA) is 118 Å². The lowest BCUT2D eigenvalue weighted by Gasteiger charge is -2.18. The number of pyridine rings is 1. The zero-order valence-electron chi connectivity index (χ0n) is 21.8. The third-order valence-electron chi connectivity index (χ3n) is 7.29. The van der Waals surface area contributed by atoms with E-state index in [0.29, 0.717) is 23.4 Å². The lowest BCUT2D eigenvalue weighted by atomic mass is 10.1. The molecule has 1 saturated heterocycles. The number of piperidine rings is 1. The van der Waals surface area contributed by atoms with Gasteiger partial charge in [-0.2, -0.15) is 0 Å². The third-order valence-corrected chi connectivity index (χ3v) is 7.29. The summed E-state index contributed by atoms with van der Waals surface area (Å²) < 4.78 is 5.99. The average Bonchev–Trinajstić information content (AvgIpc) is 3.31. The number of amides is 2. The summed E-state index contributed by atoms with van der Waals surface area (Å²) in [7, 11) is 0. The van der Waals surface area contributed by atoms with Crippen molar-refractivity contribution in [3.05, 3.63) is 77.9 Å². The fraction of sp³-hybridized carbons (Fsp3) is 0.267. The Morgan fingerprint density at radius 1 is 1.08 bits per heavy atom. The van der Waals surface area contributed by atoms with Crippen LogP contribution in [0.25, 0.3) is 10.9 Å². The predicted octanol–water partition coefficient (Wildman–Crippen LogP) is 4.13. The zero-order chi connectivity index (χ0) is 26.9. The van der Waals surface area contributed by atoms with Crippen LogP contribution in [-0.2, 0) is 0 Å². The first-order valence-corrected chi connectivity index (χ1v) is 12.9. The number of nitrogens with zero attached hydrogens (tertiary/aromatic N) is 4. The molecule has 2 aromatic carbocycles. The average molecular weight is 520 g/mol. The van der Waals surface area contributed by atoms with E-state index in [4.69, 9.17) is 10.5 Å². The van der Waals surface area contributed by atoms with Crippen molar-refractivity contribution in [2.75, 3.05) is 25.0 Å². The summed E-state index contributed by atoms with van der Waals surface area (Å²) in [5.41, 5.74) is 10.4. The predicted molar refractivity (Wildman–Crippen MR) is 150 cm³/mol. The van der Waals surface area contributed by atoms with E-state index >= 15 is 0 Å². The number of aromatic nitrogens is 3. The number of urea groups is 1. The van der Waals surface area contributed by atoms with Crippen molar-refractivity contribution in [1.29, 1.82) is 0 Å². The summed E-state index contributed by atoms with van der Waals surface area (Å²) >= 11 is 0. The minimum Gasteiger partial charge on any atom is -0.455 e. The van der Waals surface area contributed by atoms with Crippen LogP contribution in [0, 0.1) is 37.5 Å². The van der Waals surface area contributed by atoms with Gasteiger partial charge in [0.25, 0.3) is 0 Å². The molecule has 4 aromatic rings. The summed E-state index contributed by atoms with van der Waals surface area (Å²) in [6, 6.07) is 15.7. The van der Waals surface area contributed by atoms with E-state index in [1.54, 1.807) is 6.20 Å². The number of benzene rings is 2. The van der Waals surface area contributed by atoms with Gasteiger partial charge in [0, 0.05) is 41.5 Å². The Morgan fingerprint density at radius 3 is 2.69 bits per heavy atom. The Labute approximate surface area is 226 Å². The van der Waals surface area contributed by atoms with Gasteiger partial charge in [-0.05, 0) is 79.8 Å². The lowest BCUT2D eigenvalue weighted by Crippen LogP contribution is -2.41. The van der Waals surface area contributed by atoms with Gasteiger partial charge in [-0.1, -0.05) is 11.8 Å². The summed E-state index contributed by atoms with van der Waals surface area (Å²) in [6.45, 7) is 5.69. The highest BCUT2D eigenvalue weighted by molar-refractivity contribution is 5.91. The molecule has 39 heavy (non-hydrogen) atoms. The Morgan fingerprint density at radius 2 is 1.92 bits per heavy atom. The van der Waals surface area contributed by atoms with Crippen molar-refractivity contribution < 1.29 is 9.53 Å². The molecule has 3 heterocycles. The second kappa shape index (κ2) is 10.2. The minimum absolute atomic E-state index is 0.0793. The van der Waals surface area contributed by atoms with Crippen molar-refractivity contribution in [2.45, 2.75) is 19.9 Å². The molecule has 196 valence electrons. The van der Waals surface area contributed by atoms with Gasteiger partial charge < -0.3 is 26.0 Å². The molecule has 4 N–H and O–H groups in total. The number of likely N-dealkylation sites (tertiary alicyclic amines) is 1. The van der Waals surface area contributed by atoms with Gasteiger partial charge in [-0.25, -0.2) is 14.8 Å². The van der Waals surface area contributed by atoms with Crippen LogP contribution in [0.2, 0.25) is 0 Å². The van der Waals surface area contributed by atoms with Gasteiger partial charge in [0.1, 0.15) is 23.6 Å². The molecule has 0 spiro atoms. The fourth-order valence-corrected chi connectivity index (χ4v) is 4.97. The molecule has 0 radical (unpaired) electrons. The van der Waals surface area contributed by atoms with E-state index in [1.807, 2.05) is 67.3 Å². The summed E-state index contributed by atoms with van der Waals surface area (Å²) in [5, 5.41) is 7.13. The molecular weight excluding hydrogens is 490 g/mol. The molecule has 9 nitrogen and oxygen atoms in total. The molecule has 2 aliphatic rings. The van der Waals surface area contributed by atoms with E-state index < -0.39 is 0 Å². The number of carbonyl (C=O) groups is 1. The maximum Gasteiger partial charge on any atom is 0.318 e. The van der Waals surface area contributed by atoms with Crippen LogP contribution in [0.1, 0.15) is 16.8 Å². The first kappa shape index (κ1) is 24.6. The van der Waals surface area contributed by atoms with E-state index in [9.17, 15) is 4.79 Å². The summed E-state index contributed by atoms with van der Waals surface area (Å²) in [5.74, 6) is 9.24. The van der Waals surface area contributed by atoms with Crippen molar-refractivity contribution >= 4 is 28.4 Å². The summed E-state index contributed by atoms with van der Waals surface area (Å²) in [4.78, 5) is 27.3. The lowest BCUT2D eigenvalue weighted by molar-refractivity contribution is 0.204. The number of nitrogens with two attached hydrogens (primary N) is 1. The number of anilines is 2. The van der Waals surface area contributed by atoms with E-state index in [1.165, 1.54) is 6.33 Å². The molecular formula is C30H29N7O2. The number of fused-ring (bicyclic) bond motifs is 2. The van der Waals surface area contributed by atoms with Crippen LogP contribution in [0.15, 0.2) is 61.1 Å². The largest absolute Gasteiger partial charge is 0.455 e. The maximum absolute atomic E-state index is 12.3. The number of hydrogen-bond donors (Lipinski definition) is 3. The van der Waals surface area contributed by atoms with E-state index in [-0.39, 0.29) is 18.6 Å². The maximum atomic E-state index is 12.3. The van der Waals surface area contributed by atoms with Crippen LogP contribution in [-0.4, -0.2) is 51.6 Å². The van der Waals surface area contributed by atoms with Crippen LogP contribution in [0.4, 0.5) is 16.3 Å². The number of carbonyl (C=O) groups excluding carboxylic acids is 1. The molecule has 2 amide bonds. The van der Waals surface area contributed by atoms with Crippen LogP contribution in [0.5, 0.6) is 11.5 Å². The molecule has 1 saturated carbocycles. The van der Waals surface area contributed by atoms with E-state index in [2.05, 4.69) is 37.4 Å². The standard InChI is InChI=1S/C30H29N7O2/c1-18-12-21(7-10-27(18)39-22-8-5-19(2)33-14-22)36-29-23-13-20(6-9-26(23)34-17-35-29)4-3-11-32-30(38)37-15-24-25(16-37)28(24)31/h5-10,12-14,17,24-25,28H,11,15-16,31H2,1-2H3,(H,32,38)(H,34,35,36). The minimum atomic E-state index is -0.0793. The SMILES string of the molecule is Cc1ccc(Oc2ccc(Nc3ncnc4ccc(C#CCNC(=O)N5CC6C(N)C6C5)cc34)cc2C)cn1. The number of aryl methyl sites for hydroxylation is 2. The molecule has 2 unspecified atom stereocenters. The molecule has 1 aliphatic heterocycles. The normalized spacial score (nSPS) is 19.2. The highest BCUT2D eigenvalue weighted by Gasteiger charge is 2.54. The number of rotatable bonds is 5. The van der Waals surface area contributed by atoms with Gasteiger partial charge in [-0.15, -0.1) is 0 Å². The van der Waals surface area contributed by atoms with Gasteiger partial charge >= 0.3 is 6.03 Å². The van der Waals surface area contributed by atoms with Gasteiger partial charge in [0.2, 0.25) is 0 Å². The van der Waals surface area contributed by atoms with Crippen LogP contribution in [0.3, 0.4) is 0 Å². The van der Waals surface area contributed by atoms with Crippen LogP contribution >= 0.6 is 0 Å². The van der Waals surface area contributed by atoms with Gasteiger partial charge in [0.05, 0.1) is 18.3 Å². The van der Waals surface area contributed by atoms with Crippen molar-refractivity contribution in [3.8, 4) is 23.3 Å². The molecule has 1 aliphatic carbocycles. The first-order chi connectivity index (χ1) is 18.9. The Kier molecular flexibility index (Phi) is 6.47. The Balaban J connectivity index is 1.12. The molecule has 2 aromatic heterocycles. The van der Waals surface area contributed by atoms with E-state index in [0.717, 1.165) is 52.3 Å². The quantitative estimate of drug-likeness (QED) is 0.339. The highest BCUT2D eigenvalue weighted by atomic mass is 16.5. The van der Waals surface area contributed by atoms with Crippen LogP contribution < -0.4 is 21.1 Å². The van der Waals surface area contributed by atoms with Gasteiger partial charge in [0.15, 0.2) is 0 Å². The highest BCUT2D eigenvalue weighted by Crippen LogP contribution is 2.43. The number of nitrogens with one attached hydrogen (secondary N) is 2. The smallest absolute Gasteiger partial charge is 0.318 e. The van der Waals surface area contributed by atoms with Crippen molar-refractivity contribution in [3.63, 3.8) is 0 Å². The Hall–Kier alpha value is -4.68. The fourth-order valence-electron chi connectivity index (χ4n) is 4.97. The molecule has 2 fully saturated rings. The van der Waals surface area contributed by atoms with Gasteiger partial charge in [-0.3, -0.25) is 4.98 Å². The molecule has 6 rings (SSSR count). The molecule has 2 atom stereocenters. The molecule has 9 heteroatoms. The monoisotopic (exact) mass is 519 g/mol. The third kappa shape index (κ3) is 5.33. The second-order valence-electron chi connectivity index (χ2n) is 10.1. The van der Waals surface area contributed by atoms with Crippen molar-refractivity contribution in [1.82, 2.24) is 25.2 Å². The molecule has 0 bridgehead atoms. The Bertz CT molecular complexity index is 1600. The number of hydrogen-bond acceptors (Lipinski definition) is 7. The zero-order valence-corrected chi connectivity index (χ0v) is 21.8. The first-order valence-electron chi connectivity index (χ1n) is 12.9. The van der Waals surface area contributed by atoms with Crippen molar-refractivity contribution in [2.24, 2.45) is 17.6 Å². The summed E-state index contributed by atoms with van der Waals surface area (Å²) in [6.07, 6.45) is 3.25.